The van der Waals surface area contributed by atoms with Gasteiger partial charge in [-0.05, 0) is 50.4 Å². The van der Waals surface area contributed by atoms with Crippen molar-refractivity contribution in [3.05, 3.63) is 29.8 Å². The molecule has 0 saturated carbocycles. The van der Waals surface area contributed by atoms with Crippen molar-refractivity contribution in [2.24, 2.45) is 0 Å². The number of aryl methyl sites for hydroxylation is 1. The van der Waals surface area contributed by atoms with Gasteiger partial charge in [-0.2, -0.15) is 0 Å². The summed E-state index contributed by atoms with van der Waals surface area (Å²) in [5.41, 5.74) is 2.80. The highest BCUT2D eigenvalue weighted by molar-refractivity contribution is 5.50. The molecule has 2 atom stereocenters. The molecule has 1 aromatic rings. The lowest BCUT2D eigenvalue weighted by Crippen LogP contribution is -2.56. The smallest absolute Gasteiger partial charge is 0.0415 e. The quantitative estimate of drug-likeness (QED) is 0.789. The molecule has 98 valence electrons. The van der Waals surface area contributed by atoms with E-state index in [1.807, 2.05) is 0 Å². The van der Waals surface area contributed by atoms with E-state index in [1.165, 1.54) is 50.1 Å². The van der Waals surface area contributed by atoms with Crippen molar-refractivity contribution in [1.82, 2.24) is 4.90 Å². The molecule has 0 bridgehead atoms. The first kappa shape index (κ1) is 12.0. The van der Waals surface area contributed by atoms with E-state index < -0.39 is 0 Å². The number of rotatable bonds is 2. The van der Waals surface area contributed by atoms with Crippen molar-refractivity contribution in [2.45, 2.75) is 45.2 Å². The van der Waals surface area contributed by atoms with Gasteiger partial charge in [-0.25, -0.2) is 0 Å². The van der Waals surface area contributed by atoms with Gasteiger partial charge in [0, 0.05) is 30.9 Å². The third-order valence-electron chi connectivity index (χ3n) is 4.60. The van der Waals surface area contributed by atoms with Crippen molar-refractivity contribution < 1.29 is 0 Å². The Labute approximate surface area is 111 Å². The predicted molar refractivity (Wildman–Crippen MR) is 77.2 cm³/mol. The third kappa shape index (κ3) is 2.14. The SMILES string of the molecule is CCC1CN2CCCC2CN1c1cccc(C)c1. The average Bonchev–Trinajstić information content (AvgIpc) is 2.84. The van der Waals surface area contributed by atoms with Gasteiger partial charge in [-0.15, -0.1) is 0 Å². The van der Waals surface area contributed by atoms with E-state index in [2.05, 4.69) is 47.9 Å². The summed E-state index contributed by atoms with van der Waals surface area (Å²) in [6, 6.07) is 10.5. The lowest BCUT2D eigenvalue weighted by molar-refractivity contribution is 0.195. The Morgan fingerprint density at radius 1 is 1.28 bits per heavy atom. The molecule has 2 unspecified atom stereocenters. The Kier molecular flexibility index (Phi) is 3.29. The molecule has 0 spiro atoms. The molecule has 2 heterocycles. The largest absolute Gasteiger partial charge is 0.366 e. The molecule has 0 N–H and O–H groups in total. The molecule has 18 heavy (non-hydrogen) atoms. The van der Waals surface area contributed by atoms with Gasteiger partial charge in [0.05, 0.1) is 0 Å². The van der Waals surface area contributed by atoms with Crippen LogP contribution in [0.3, 0.4) is 0 Å². The lowest BCUT2D eigenvalue weighted by Gasteiger charge is -2.45. The molecule has 2 aliphatic heterocycles. The standard InChI is InChI=1S/C16H24N2/c1-3-14-11-17-9-5-8-16(17)12-18(14)15-7-4-6-13(2)10-15/h4,6-7,10,14,16H,3,5,8-9,11-12H2,1-2H3. The number of hydrogen-bond acceptors (Lipinski definition) is 2. The van der Waals surface area contributed by atoms with Gasteiger partial charge in [-0.3, -0.25) is 4.90 Å². The van der Waals surface area contributed by atoms with Gasteiger partial charge in [-0.1, -0.05) is 19.1 Å². The highest BCUT2D eigenvalue weighted by atomic mass is 15.3. The maximum atomic E-state index is 2.71. The van der Waals surface area contributed by atoms with Gasteiger partial charge < -0.3 is 4.90 Å². The minimum absolute atomic E-state index is 0.696. The van der Waals surface area contributed by atoms with Gasteiger partial charge in [0.2, 0.25) is 0 Å². The van der Waals surface area contributed by atoms with Gasteiger partial charge in [0.1, 0.15) is 0 Å². The summed E-state index contributed by atoms with van der Waals surface area (Å²) in [7, 11) is 0. The van der Waals surface area contributed by atoms with E-state index in [-0.39, 0.29) is 0 Å². The Bertz CT molecular complexity index is 415. The molecule has 2 fully saturated rings. The highest BCUT2D eigenvalue weighted by Crippen LogP contribution is 2.30. The molecule has 2 nitrogen and oxygen atoms in total. The normalized spacial score (nSPS) is 28.4. The second kappa shape index (κ2) is 4.93. The maximum absolute atomic E-state index is 2.71. The van der Waals surface area contributed by atoms with Crippen LogP contribution in [0.1, 0.15) is 31.7 Å². The van der Waals surface area contributed by atoms with Crippen LogP contribution < -0.4 is 4.90 Å². The summed E-state index contributed by atoms with van der Waals surface area (Å²) in [4.78, 5) is 5.36. The molecule has 1 aromatic carbocycles. The Morgan fingerprint density at radius 2 is 2.17 bits per heavy atom. The van der Waals surface area contributed by atoms with Crippen LogP contribution in [0.25, 0.3) is 0 Å². The fraction of sp³-hybridized carbons (Fsp3) is 0.625. The van der Waals surface area contributed by atoms with Crippen LogP contribution in [0.15, 0.2) is 24.3 Å². The molecule has 0 amide bonds. The van der Waals surface area contributed by atoms with Crippen molar-refractivity contribution >= 4 is 5.69 Å². The van der Waals surface area contributed by atoms with Gasteiger partial charge in [0.25, 0.3) is 0 Å². The van der Waals surface area contributed by atoms with Crippen molar-refractivity contribution in [2.75, 3.05) is 24.5 Å². The minimum atomic E-state index is 0.696. The first-order valence-corrected chi connectivity index (χ1v) is 7.35. The van der Waals surface area contributed by atoms with Gasteiger partial charge in [0.15, 0.2) is 0 Å². The fourth-order valence-corrected chi connectivity index (χ4v) is 3.56. The summed E-state index contributed by atoms with van der Waals surface area (Å²) >= 11 is 0. The number of benzene rings is 1. The third-order valence-corrected chi connectivity index (χ3v) is 4.60. The molecule has 0 radical (unpaired) electrons. The Morgan fingerprint density at radius 3 is 2.94 bits per heavy atom. The summed E-state index contributed by atoms with van der Waals surface area (Å²) < 4.78 is 0. The molecule has 2 heteroatoms. The summed E-state index contributed by atoms with van der Waals surface area (Å²) in [6.07, 6.45) is 4.03. The Balaban J connectivity index is 1.85. The average molecular weight is 244 g/mol. The second-order valence-electron chi connectivity index (χ2n) is 5.84. The van der Waals surface area contributed by atoms with Crippen LogP contribution in [0.5, 0.6) is 0 Å². The van der Waals surface area contributed by atoms with E-state index in [0.717, 1.165) is 6.04 Å². The van der Waals surface area contributed by atoms with Crippen molar-refractivity contribution in [3.8, 4) is 0 Å². The van der Waals surface area contributed by atoms with Crippen molar-refractivity contribution in [1.29, 1.82) is 0 Å². The number of hydrogen-bond donors (Lipinski definition) is 0. The molecule has 0 aromatic heterocycles. The zero-order valence-electron chi connectivity index (χ0n) is 11.6. The number of nitrogens with zero attached hydrogens (tertiary/aromatic N) is 2. The van der Waals surface area contributed by atoms with E-state index >= 15 is 0 Å². The van der Waals surface area contributed by atoms with E-state index in [4.69, 9.17) is 0 Å². The molecule has 0 aliphatic carbocycles. The number of fused-ring (bicyclic) bond motifs is 1. The van der Waals surface area contributed by atoms with E-state index in [9.17, 15) is 0 Å². The summed E-state index contributed by atoms with van der Waals surface area (Å²) in [5.74, 6) is 0. The zero-order valence-corrected chi connectivity index (χ0v) is 11.6. The molecule has 2 aliphatic rings. The topological polar surface area (TPSA) is 6.48 Å². The molecule has 2 saturated heterocycles. The first-order chi connectivity index (χ1) is 8.78. The molecular formula is C16H24N2. The van der Waals surface area contributed by atoms with Crippen LogP contribution in [-0.4, -0.2) is 36.6 Å². The monoisotopic (exact) mass is 244 g/mol. The zero-order chi connectivity index (χ0) is 12.5. The number of piperazine rings is 1. The summed E-state index contributed by atoms with van der Waals surface area (Å²) in [6.45, 7) is 8.32. The van der Waals surface area contributed by atoms with Crippen LogP contribution in [-0.2, 0) is 0 Å². The van der Waals surface area contributed by atoms with Crippen LogP contribution in [0.4, 0.5) is 5.69 Å². The number of anilines is 1. The molecule has 3 rings (SSSR count). The van der Waals surface area contributed by atoms with Gasteiger partial charge >= 0.3 is 0 Å². The van der Waals surface area contributed by atoms with Crippen LogP contribution >= 0.6 is 0 Å². The van der Waals surface area contributed by atoms with E-state index in [0.29, 0.717) is 6.04 Å². The van der Waals surface area contributed by atoms with Crippen LogP contribution in [0.2, 0.25) is 0 Å². The minimum Gasteiger partial charge on any atom is -0.366 e. The maximum Gasteiger partial charge on any atom is 0.0415 e. The Hall–Kier alpha value is -1.02. The highest BCUT2D eigenvalue weighted by Gasteiger charge is 2.35. The lowest BCUT2D eigenvalue weighted by atomic mass is 10.0. The van der Waals surface area contributed by atoms with Crippen LogP contribution in [0, 0.1) is 6.92 Å². The molecular weight excluding hydrogens is 220 g/mol. The second-order valence-corrected chi connectivity index (χ2v) is 5.84. The predicted octanol–water partition coefficient (Wildman–Crippen LogP) is 3.06. The van der Waals surface area contributed by atoms with Crippen molar-refractivity contribution in [3.63, 3.8) is 0 Å². The first-order valence-electron chi connectivity index (χ1n) is 7.35. The summed E-state index contributed by atoms with van der Waals surface area (Å²) in [5, 5.41) is 0. The fourth-order valence-electron chi connectivity index (χ4n) is 3.56. The van der Waals surface area contributed by atoms with E-state index in [1.54, 1.807) is 0 Å².